The van der Waals surface area contributed by atoms with Gasteiger partial charge >= 0.3 is 0 Å². The SMILES string of the molecule is CCn1cnc2c(=O)n(-c3ccc(Cl)cc3)c(CCC3CC3)nc21. The second-order valence-electron chi connectivity index (χ2n) is 6.33. The highest BCUT2D eigenvalue weighted by Crippen LogP contribution is 2.33. The van der Waals surface area contributed by atoms with Crippen molar-refractivity contribution in [1.29, 1.82) is 0 Å². The number of benzene rings is 1. The number of rotatable bonds is 5. The van der Waals surface area contributed by atoms with Crippen LogP contribution in [-0.4, -0.2) is 19.1 Å². The Morgan fingerprint density at radius 1 is 1.25 bits per heavy atom. The van der Waals surface area contributed by atoms with Gasteiger partial charge in [0.25, 0.3) is 5.56 Å². The molecule has 4 rings (SSSR count). The van der Waals surface area contributed by atoms with Crippen molar-refractivity contribution in [2.45, 2.75) is 39.2 Å². The zero-order chi connectivity index (χ0) is 16.7. The van der Waals surface area contributed by atoms with Crippen molar-refractivity contribution >= 4 is 22.8 Å². The zero-order valence-corrected chi connectivity index (χ0v) is 14.3. The van der Waals surface area contributed by atoms with Crippen molar-refractivity contribution in [3.05, 3.63) is 51.8 Å². The lowest BCUT2D eigenvalue weighted by molar-refractivity contribution is 0.672. The first-order valence-electron chi connectivity index (χ1n) is 8.40. The number of aryl methyl sites for hydroxylation is 2. The number of imidazole rings is 1. The highest BCUT2D eigenvalue weighted by Gasteiger charge is 2.23. The van der Waals surface area contributed by atoms with E-state index in [0.29, 0.717) is 16.2 Å². The van der Waals surface area contributed by atoms with E-state index >= 15 is 0 Å². The third-order valence-corrected chi connectivity index (χ3v) is 4.86. The van der Waals surface area contributed by atoms with Gasteiger partial charge < -0.3 is 4.57 Å². The summed E-state index contributed by atoms with van der Waals surface area (Å²) >= 11 is 5.99. The Bertz CT molecular complexity index is 938. The van der Waals surface area contributed by atoms with Crippen LogP contribution in [0, 0.1) is 5.92 Å². The Morgan fingerprint density at radius 2 is 2.00 bits per heavy atom. The second-order valence-corrected chi connectivity index (χ2v) is 6.77. The maximum Gasteiger partial charge on any atom is 0.286 e. The number of halogens is 1. The molecule has 0 atom stereocenters. The molecule has 0 amide bonds. The first-order chi connectivity index (χ1) is 11.7. The third-order valence-electron chi connectivity index (χ3n) is 4.61. The Kier molecular flexibility index (Phi) is 3.88. The van der Waals surface area contributed by atoms with Gasteiger partial charge in [-0.3, -0.25) is 9.36 Å². The maximum atomic E-state index is 13.0. The van der Waals surface area contributed by atoms with Crippen LogP contribution < -0.4 is 5.56 Å². The van der Waals surface area contributed by atoms with Gasteiger partial charge in [0.15, 0.2) is 11.2 Å². The summed E-state index contributed by atoms with van der Waals surface area (Å²) in [6.07, 6.45) is 6.15. The van der Waals surface area contributed by atoms with E-state index < -0.39 is 0 Å². The number of aromatic nitrogens is 4. The fraction of sp³-hybridized carbons (Fsp3) is 0.389. The van der Waals surface area contributed by atoms with Gasteiger partial charge in [0.1, 0.15) is 5.82 Å². The lowest BCUT2D eigenvalue weighted by Crippen LogP contribution is -2.24. The third kappa shape index (κ3) is 2.73. The van der Waals surface area contributed by atoms with Crippen molar-refractivity contribution in [2.75, 3.05) is 0 Å². The van der Waals surface area contributed by atoms with E-state index in [-0.39, 0.29) is 5.56 Å². The standard InChI is InChI=1S/C18H19ClN4O/c1-2-22-11-20-16-17(22)21-15(10-5-12-3-4-12)23(18(16)24)14-8-6-13(19)7-9-14/h6-9,11-12H,2-5,10H2,1H3. The van der Waals surface area contributed by atoms with Crippen LogP contribution in [0.3, 0.4) is 0 Å². The largest absolute Gasteiger partial charge is 0.315 e. The number of hydrogen-bond donors (Lipinski definition) is 0. The van der Waals surface area contributed by atoms with E-state index in [1.807, 2.05) is 23.6 Å². The lowest BCUT2D eigenvalue weighted by atomic mass is 10.2. The van der Waals surface area contributed by atoms with Crippen molar-refractivity contribution in [3.8, 4) is 5.69 Å². The average Bonchev–Trinajstić information content (AvgIpc) is 3.32. The first-order valence-corrected chi connectivity index (χ1v) is 8.78. The van der Waals surface area contributed by atoms with E-state index in [1.165, 1.54) is 12.8 Å². The minimum absolute atomic E-state index is 0.111. The molecule has 0 unspecified atom stereocenters. The Balaban J connectivity index is 1.90. The maximum absolute atomic E-state index is 13.0. The van der Waals surface area contributed by atoms with Gasteiger partial charge in [0.2, 0.25) is 0 Å². The highest BCUT2D eigenvalue weighted by atomic mass is 35.5. The molecule has 24 heavy (non-hydrogen) atoms. The molecule has 0 saturated heterocycles. The molecule has 1 aromatic carbocycles. The van der Waals surface area contributed by atoms with E-state index in [1.54, 1.807) is 23.0 Å². The van der Waals surface area contributed by atoms with Crippen molar-refractivity contribution < 1.29 is 0 Å². The molecule has 1 aliphatic rings. The van der Waals surface area contributed by atoms with Gasteiger partial charge in [-0.05, 0) is 43.5 Å². The van der Waals surface area contributed by atoms with E-state index in [9.17, 15) is 4.79 Å². The molecule has 1 saturated carbocycles. The van der Waals surface area contributed by atoms with Gasteiger partial charge in [0, 0.05) is 18.0 Å². The molecule has 2 heterocycles. The van der Waals surface area contributed by atoms with Crippen LogP contribution in [-0.2, 0) is 13.0 Å². The second kappa shape index (κ2) is 6.06. The molecular weight excluding hydrogens is 324 g/mol. The summed E-state index contributed by atoms with van der Waals surface area (Å²) in [6.45, 7) is 2.77. The summed E-state index contributed by atoms with van der Waals surface area (Å²) in [5.41, 5.74) is 1.77. The van der Waals surface area contributed by atoms with Crippen LogP contribution >= 0.6 is 11.6 Å². The van der Waals surface area contributed by atoms with Crippen LogP contribution in [0.5, 0.6) is 0 Å². The predicted octanol–water partition coefficient (Wildman–Crippen LogP) is 3.60. The summed E-state index contributed by atoms with van der Waals surface area (Å²) in [7, 11) is 0. The Morgan fingerprint density at radius 3 is 2.67 bits per heavy atom. The van der Waals surface area contributed by atoms with Crippen LogP contribution in [0.1, 0.15) is 32.0 Å². The van der Waals surface area contributed by atoms with Crippen LogP contribution in [0.4, 0.5) is 0 Å². The van der Waals surface area contributed by atoms with Crippen LogP contribution in [0.15, 0.2) is 35.4 Å². The van der Waals surface area contributed by atoms with Gasteiger partial charge in [-0.1, -0.05) is 24.4 Å². The molecule has 124 valence electrons. The van der Waals surface area contributed by atoms with E-state index in [2.05, 4.69) is 4.98 Å². The van der Waals surface area contributed by atoms with Crippen molar-refractivity contribution in [3.63, 3.8) is 0 Å². The fourth-order valence-corrected chi connectivity index (χ4v) is 3.16. The van der Waals surface area contributed by atoms with E-state index in [4.69, 9.17) is 16.6 Å². The molecular formula is C18H19ClN4O. The predicted molar refractivity (Wildman–Crippen MR) is 94.9 cm³/mol. The Labute approximate surface area is 144 Å². The molecule has 0 N–H and O–H groups in total. The molecule has 0 spiro atoms. The van der Waals surface area contributed by atoms with Gasteiger partial charge in [-0.25, -0.2) is 9.97 Å². The molecule has 2 aromatic heterocycles. The summed E-state index contributed by atoms with van der Waals surface area (Å²) in [6, 6.07) is 7.30. The smallest absolute Gasteiger partial charge is 0.286 e. The molecule has 6 heteroatoms. The van der Waals surface area contributed by atoms with E-state index in [0.717, 1.165) is 36.8 Å². The highest BCUT2D eigenvalue weighted by molar-refractivity contribution is 6.30. The average molecular weight is 343 g/mol. The molecule has 3 aromatic rings. The van der Waals surface area contributed by atoms with Gasteiger partial charge in [0.05, 0.1) is 12.0 Å². The monoisotopic (exact) mass is 342 g/mol. The topological polar surface area (TPSA) is 52.7 Å². The summed E-state index contributed by atoms with van der Waals surface area (Å²) in [4.78, 5) is 22.1. The van der Waals surface area contributed by atoms with Crippen LogP contribution in [0.2, 0.25) is 5.02 Å². The zero-order valence-electron chi connectivity index (χ0n) is 13.6. The fourth-order valence-electron chi connectivity index (χ4n) is 3.03. The van der Waals surface area contributed by atoms with Crippen LogP contribution in [0.25, 0.3) is 16.9 Å². The summed E-state index contributed by atoms with van der Waals surface area (Å²) in [5.74, 6) is 1.59. The minimum atomic E-state index is -0.111. The quantitative estimate of drug-likeness (QED) is 0.712. The van der Waals surface area contributed by atoms with Crippen molar-refractivity contribution in [1.82, 2.24) is 19.1 Å². The molecule has 1 fully saturated rings. The Hall–Kier alpha value is -2.14. The van der Waals surface area contributed by atoms with Gasteiger partial charge in [-0.15, -0.1) is 0 Å². The molecule has 5 nitrogen and oxygen atoms in total. The number of nitrogens with zero attached hydrogens (tertiary/aromatic N) is 4. The molecule has 1 aliphatic carbocycles. The lowest BCUT2D eigenvalue weighted by Gasteiger charge is -2.13. The first kappa shape index (κ1) is 15.4. The molecule has 0 radical (unpaired) electrons. The summed E-state index contributed by atoms with van der Waals surface area (Å²) in [5, 5.41) is 0.649. The number of hydrogen-bond acceptors (Lipinski definition) is 3. The normalized spacial score (nSPS) is 14.4. The number of fused-ring (bicyclic) bond motifs is 1. The minimum Gasteiger partial charge on any atom is -0.315 e. The molecule has 0 bridgehead atoms. The molecule has 0 aliphatic heterocycles. The van der Waals surface area contributed by atoms with Crippen molar-refractivity contribution in [2.24, 2.45) is 5.92 Å². The van der Waals surface area contributed by atoms with Gasteiger partial charge in [-0.2, -0.15) is 0 Å². The summed E-state index contributed by atoms with van der Waals surface area (Å²) < 4.78 is 3.61.